The molecule has 0 aliphatic heterocycles. The molecule has 0 aromatic heterocycles. The van der Waals surface area contributed by atoms with E-state index in [0.717, 1.165) is 32.1 Å². The van der Waals surface area contributed by atoms with E-state index in [2.05, 4.69) is 31.4 Å². The number of aliphatic hydroxyl groups excluding tert-OH is 1. The van der Waals surface area contributed by atoms with Gasteiger partial charge in [-0.2, -0.15) is 0 Å². The van der Waals surface area contributed by atoms with Crippen molar-refractivity contribution in [1.29, 1.82) is 0 Å². The largest absolute Gasteiger partial charge is 0.393 e. The number of carbonyl (C=O) groups is 1. The Kier molecular flexibility index (Phi) is 4.30. The Morgan fingerprint density at radius 3 is 2.25 bits per heavy atom. The van der Waals surface area contributed by atoms with Crippen molar-refractivity contribution in [3.63, 3.8) is 0 Å². The predicted molar refractivity (Wildman–Crippen MR) is 77.5 cm³/mol. The number of urea groups is 1. The van der Waals surface area contributed by atoms with Gasteiger partial charge in [-0.15, -0.1) is 0 Å². The van der Waals surface area contributed by atoms with Gasteiger partial charge >= 0.3 is 6.03 Å². The molecule has 0 heterocycles. The highest BCUT2D eigenvalue weighted by Gasteiger charge is 2.58. The van der Waals surface area contributed by atoms with E-state index in [4.69, 9.17) is 4.74 Å². The van der Waals surface area contributed by atoms with Gasteiger partial charge in [0, 0.05) is 24.6 Å². The first-order valence-electron chi connectivity index (χ1n) is 7.59. The van der Waals surface area contributed by atoms with Crippen molar-refractivity contribution in [2.45, 2.75) is 76.7 Å². The molecule has 0 aromatic carbocycles. The van der Waals surface area contributed by atoms with Crippen LogP contribution in [0.5, 0.6) is 0 Å². The highest BCUT2D eigenvalue weighted by atomic mass is 16.5. The summed E-state index contributed by atoms with van der Waals surface area (Å²) in [6, 6.07) is 0.236. The summed E-state index contributed by atoms with van der Waals surface area (Å²) in [6.07, 6.45) is 3.93. The van der Waals surface area contributed by atoms with E-state index < -0.39 is 0 Å². The molecule has 2 aliphatic carbocycles. The van der Waals surface area contributed by atoms with Crippen molar-refractivity contribution in [2.24, 2.45) is 5.41 Å². The van der Waals surface area contributed by atoms with Gasteiger partial charge in [0.05, 0.1) is 11.7 Å². The van der Waals surface area contributed by atoms with Crippen LogP contribution in [-0.2, 0) is 4.74 Å². The zero-order valence-electron chi connectivity index (χ0n) is 13.0. The minimum absolute atomic E-state index is 0.0676. The normalized spacial score (nSPS) is 39.8. The van der Waals surface area contributed by atoms with Gasteiger partial charge in [0.2, 0.25) is 0 Å². The van der Waals surface area contributed by atoms with Gasteiger partial charge in [-0.25, -0.2) is 4.79 Å². The number of hydrogen-bond donors (Lipinski definition) is 3. The molecule has 2 rings (SSSR count). The molecule has 20 heavy (non-hydrogen) atoms. The molecule has 116 valence electrons. The summed E-state index contributed by atoms with van der Waals surface area (Å²) in [5.74, 6) is 0. The van der Waals surface area contributed by atoms with E-state index in [-0.39, 0.29) is 35.2 Å². The fraction of sp³-hybridized carbons (Fsp3) is 0.933. The van der Waals surface area contributed by atoms with Crippen molar-refractivity contribution >= 4 is 6.03 Å². The van der Waals surface area contributed by atoms with Gasteiger partial charge in [0.25, 0.3) is 0 Å². The smallest absolute Gasteiger partial charge is 0.315 e. The molecule has 2 fully saturated rings. The third kappa shape index (κ3) is 2.79. The highest BCUT2D eigenvalue weighted by molar-refractivity contribution is 5.75. The van der Waals surface area contributed by atoms with Gasteiger partial charge in [-0.1, -0.05) is 13.8 Å². The number of hydrogen-bond acceptors (Lipinski definition) is 3. The minimum Gasteiger partial charge on any atom is -0.393 e. The van der Waals surface area contributed by atoms with Gasteiger partial charge in [0.1, 0.15) is 0 Å². The molecule has 0 spiro atoms. The summed E-state index contributed by atoms with van der Waals surface area (Å²) in [5.41, 5.74) is -0.234. The Balaban J connectivity index is 1.79. The van der Waals surface area contributed by atoms with E-state index >= 15 is 0 Å². The van der Waals surface area contributed by atoms with E-state index in [1.165, 1.54) is 0 Å². The van der Waals surface area contributed by atoms with E-state index in [0.29, 0.717) is 0 Å². The third-order valence-electron chi connectivity index (χ3n) is 5.62. The minimum atomic E-state index is -0.191. The van der Waals surface area contributed by atoms with Crippen molar-refractivity contribution in [2.75, 3.05) is 7.11 Å². The number of amides is 2. The average Bonchev–Trinajstić information content (AvgIpc) is 2.40. The Bertz CT molecular complexity index is 364. The SMILES string of the molecule is COC1(C)CC(NC(=O)NC2CCC(O)CC2)C1(C)C. The summed E-state index contributed by atoms with van der Waals surface area (Å²) in [6.45, 7) is 6.34. The summed E-state index contributed by atoms with van der Waals surface area (Å²) >= 11 is 0. The van der Waals surface area contributed by atoms with Gasteiger partial charge < -0.3 is 20.5 Å². The lowest BCUT2D eigenvalue weighted by molar-refractivity contribution is -0.177. The summed E-state index contributed by atoms with van der Waals surface area (Å²) in [7, 11) is 1.73. The summed E-state index contributed by atoms with van der Waals surface area (Å²) in [5, 5.41) is 15.5. The second-order valence-electron chi connectivity index (χ2n) is 7.04. The molecule has 2 saturated carbocycles. The lowest BCUT2D eigenvalue weighted by Crippen LogP contribution is -2.69. The number of nitrogens with one attached hydrogen (secondary N) is 2. The molecule has 2 amide bonds. The average molecular weight is 284 g/mol. The maximum Gasteiger partial charge on any atom is 0.315 e. The van der Waals surface area contributed by atoms with Crippen LogP contribution < -0.4 is 10.6 Å². The van der Waals surface area contributed by atoms with Crippen LogP contribution in [0.1, 0.15) is 52.9 Å². The molecule has 2 atom stereocenters. The lowest BCUT2D eigenvalue weighted by atomic mass is 9.56. The molecule has 0 bridgehead atoms. The second-order valence-corrected chi connectivity index (χ2v) is 7.04. The zero-order chi connectivity index (χ0) is 15.0. The molecule has 5 heteroatoms. The van der Waals surface area contributed by atoms with Crippen molar-refractivity contribution < 1.29 is 14.6 Å². The van der Waals surface area contributed by atoms with Gasteiger partial charge in [-0.05, 0) is 39.0 Å². The van der Waals surface area contributed by atoms with E-state index in [9.17, 15) is 9.90 Å². The Morgan fingerprint density at radius 2 is 1.75 bits per heavy atom. The fourth-order valence-electron chi connectivity index (χ4n) is 3.33. The van der Waals surface area contributed by atoms with E-state index in [1.807, 2.05) is 0 Å². The first-order valence-corrected chi connectivity index (χ1v) is 7.59. The quantitative estimate of drug-likeness (QED) is 0.740. The van der Waals surface area contributed by atoms with Gasteiger partial charge in [-0.3, -0.25) is 0 Å². The third-order valence-corrected chi connectivity index (χ3v) is 5.62. The van der Waals surface area contributed by atoms with E-state index in [1.54, 1.807) is 7.11 Å². The number of ether oxygens (including phenoxy) is 1. The van der Waals surface area contributed by atoms with Crippen LogP contribution in [-0.4, -0.2) is 42.0 Å². The van der Waals surface area contributed by atoms with Crippen LogP contribution in [0.15, 0.2) is 0 Å². The van der Waals surface area contributed by atoms with Crippen LogP contribution in [0.3, 0.4) is 0 Å². The Morgan fingerprint density at radius 1 is 1.15 bits per heavy atom. The Labute approximate surface area is 121 Å². The fourth-order valence-corrected chi connectivity index (χ4v) is 3.33. The molecular weight excluding hydrogens is 256 g/mol. The molecule has 0 saturated heterocycles. The zero-order valence-corrected chi connectivity index (χ0v) is 13.0. The molecular formula is C15H28N2O3. The van der Waals surface area contributed by atoms with Crippen LogP contribution in [0.2, 0.25) is 0 Å². The first kappa shape index (κ1) is 15.6. The molecule has 3 N–H and O–H groups in total. The van der Waals surface area contributed by atoms with Crippen molar-refractivity contribution in [1.82, 2.24) is 10.6 Å². The lowest BCUT2D eigenvalue weighted by Gasteiger charge is -2.59. The van der Waals surface area contributed by atoms with Crippen LogP contribution in [0.25, 0.3) is 0 Å². The standard InChI is InChI=1S/C15H28N2O3/c1-14(2)12(9-15(14,3)20-4)17-13(19)16-10-5-7-11(18)8-6-10/h10-12,18H,5-9H2,1-4H3,(H2,16,17,19). The maximum absolute atomic E-state index is 12.1. The second kappa shape index (κ2) is 5.53. The van der Waals surface area contributed by atoms with Crippen molar-refractivity contribution in [3.05, 3.63) is 0 Å². The molecule has 5 nitrogen and oxygen atoms in total. The highest BCUT2D eigenvalue weighted by Crippen LogP contribution is 2.51. The topological polar surface area (TPSA) is 70.6 Å². The number of carbonyl (C=O) groups excluding carboxylic acids is 1. The maximum atomic E-state index is 12.1. The van der Waals surface area contributed by atoms with Gasteiger partial charge in [0.15, 0.2) is 0 Å². The van der Waals surface area contributed by atoms with Crippen LogP contribution >= 0.6 is 0 Å². The number of aliphatic hydroxyl groups is 1. The first-order chi connectivity index (χ1) is 9.28. The molecule has 0 aromatic rings. The summed E-state index contributed by atoms with van der Waals surface area (Å²) in [4.78, 5) is 12.1. The van der Waals surface area contributed by atoms with Crippen LogP contribution in [0.4, 0.5) is 4.79 Å². The molecule has 2 aliphatic rings. The monoisotopic (exact) mass is 284 g/mol. The number of methoxy groups -OCH3 is 1. The molecule has 0 radical (unpaired) electrons. The number of rotatable bonds is 3. The van der Waals surface area contributed by atoms with Crippen molar-refractivity contribution in [3.8, 4) is 0 Å². The van der Waals surface area contributed by atoms with Crippen LogP contribution in [0, 0.1) is 5.41 Å². The summed E-state index contributed by atoms with van der Waals surface area (Å²) < 4.78 is 5.56. The predicted octanol–water partition coefficient (Wildman–Crippen LogP) is 1.79. The molecule has 2 unspecified atom stereocenters. The Hall–Kier alpha value is -0.810.